The number of allylic oxidation sites excluding steroid dienone is 1. The Morgan fingerprint density at radius 2 is 2.07 bits per heavy atom. The van der Waals surface area contributed by atoms with Gasteiger partial charge in [-0.1, -0.05) is 12.5 Å². The van der Waals surface area contributed by atoms with Gasteiger partial charge >= 0.3 is 5.97 Å². The molecule has 1 unspecified atom stereocenters. The van der Waals surface area contributed by atoms with Gasteiger partial charge in [-0.05, 0) is 25.8 Å². The van der Waals surface area contributed by atoms with E-state index in [-0.39, 0.29) is 12.2 Å². The number of hydrogen-bond donors (Lipinski definition) is 2. The van der Waals surface area contributed by atoms with Crippen molar-refractivity contribution < 1.29 is 14.7 Å². The Labute approximate surface area is 83.8 Å². The molecule has 4 nitrogen and oxygen atoms in total. The molecule has 0 spiro atoms. The molecule has 0 rings (SSSR count). The molecule has 80 valence electrons. The van der Waals surface area contributed by atoms with E-state index >= 15 is 0 Å². The minimum Gasteiger partial charge on any atom is -0.481 e. The standard InChI is InChI=1S/C10H17NO3/c1-2-5-9(12)8(11)6-3-4-7-10(13)14/h2,5,8H,3-4,6-7,11H2,1H3,(H,13,14). The monoisotopic (exact) mass is 199 g/mol. The van der Waals surface area contributed by atoms with E-state index in [9.17, 15) is 9.59 Å². The second-order valence-electron chi connectivity index (χ2n) is 3.15. The Morgan fingerprint density at radius 1 is 1.43 bits per heavy atom. The van der Waals surface area contributed by atoms with Gasteiger partial charge in [0, 0.05) is 6.42 Å². The molecular formula is C10H17NO3. The van der Waals surface area contributed by atoms with E-state index in [0.717, 1.165) is 0 Å². The molecule has 4 heteroatoms. The zero-order valence-corrected chi connectivity index (χ0v) is 8.40. The molecular weight excluding hydrogens is 182 g/mol. The van der Waals surface area contributed by atoms with Crippen LogP contribution in [0.5, 0.6) is 0 Å². The third-order valence-electron chi connectivity index (χ3n) is 1.85. The summed E-state index contributed by atoms with van der Waals surface area (Å²) in [7, 11) is 0. The summed E-state index contributed by atoms with van der Waals surface area (Å²) < 4.78 is 0. The predicted octanol–water partition coefficient (Wildman–Crippen LogP) is 1.10. The van der Waals surface area contributed by atoms with Gasteiger partial charge < -0.3 is 10.8 Å². The number of carboxylic acid groups (broad SMARTS) is 1. The first-order chi connectivity index (χ1) is 6.57. The summed E-state index contributed by atoms with van der Waals surface area (Å²) in [4.78, 5) is 21.3. The molecule has 0 bridgehead atoms. The van der Waals surface area contributed by atoms with E-state index in [1.807, 2.05) is 0 Å². The van der Waals surface area contributed by atoms with Gasteiger partial charge in [-0.15, -0.1) is 0 Å². The second-order valence-corrected chi connectivity index (χ2v) is 3.15. The van der Waals surface area contributed by atoms with Crippen LogP contribution in [-0.4, -0.2) is 22.9 Å². The van der Waals surface area contributed by atoms with Crippen molar-refractivity contribution in [2.75, 3.05) is 0 Å². The third-order valence-corrected chi connectivity index (χ3v) is 1.85. The highest BCUT2D eigenvalue weighted by Crippen LogP contribution is 2.03. The van der Waals surface area contributed by atoms with Crippen LogP contribution in [0.1, 0.15) is 32.6 Å². The van der Waals surface area contributed by atoms with Crippen LogP contribution in [0.4, 0.5) is 0 Å². The summed E-state index contributed by atoms with van der Waals surface area (Å²) in [5, 5.41) is 8.36. The lowest BCUT2D eigenvalue weighted by Gasteiger charge is -2.06. The fraction of sp³-hybridized carbons (Fsp3) is 0.600. The zero-order valence-electron chi connectivity index (χ0n) is 8.40. The third kappa shape index (κ3) is 6.37. The molecule has 0 saturated carbocycles. The van der Waals surface area contributed by atoms with Crippen LogP contribution in [0.25, 0.3) is 0 Å². The number of unbranched alkanes of at least 4 members (excludes halogenated alkanes) is 1. The van der Waals surface area contributed by atoms with Gasteiger partial charge in [0.05, 0.1) is 6.04 Å². The zero-order chi connectivity index (χ0) is 11.0. The van der Waals surface area contributed by atoms with E-state index in [4.69, 9.17) is 10.8 Å². The molecule has 0 aliphatic carbocycles. The quantitative estimate of drug-likeness (QED) is 0.475. The van der Waals surface area contributed by atoms with Crippen LogP contribution in [0.2, 0.25) is 0 Å². The first-order valence-corrected chi connectivity index (χ1v) is 4.72. The maximum absolute atomic E-state index is 11.1. The molecule has 1 atom stereocenters. The molecule has 0 aromatic heterocycles. The van der Waals surface area contributed by atoms with E-state index in [0.29, 0.717) is 19.3 Å². The number of carbonyl (C=O) groups excluding carboxylic acids is 1. The summed E-state index contributed by atoms with van der Waals surface area (Å²) in [6.07, 6.45) is 5.05. The lowest BCUT2D eigenvalue weighted by Crippen LogP contribution is -2.28. The molecule has 0 heterocycles. The van der Waals surface area contributed by atoms with Crippen molar-refractivity contribution in [1.82, 2.24) is 0 Å². The summed E-state index contributed by atoms with van der Waals surface area (Å²) in [6.45, 7) is 1.76. The molecule has 0 radical (unpaired) electrons. The lowest BCUT2D eigenvalue weighted by atomic mass is 10.1. The number of aliphatic carboxylic acids is 1. The summed E-state index contributed by atoms with van der Waals surface area (Å²) in [5.74, 6) is -0.902. The van der Waals surface area contributed by atoms with Crippen molar-refractivity contribution in [2.24, 2.45) is 5.73 Å². The van der Waals surface area contributed by atoms with Gasteiger partial charge in [-0.2, -0.15) is 0 Å². The largest absolute Gasteiger partial charge is 0.481 e. The Morgan fingerprint density at radius 3 is 2.57 bits per heavy atom. The topological polar surface area (TPSA) is 80.4 Å². The van der Waals surface area contributed by atoms with Crippen molar-refractivity contribution in [1.29, 1.82) is 0 Å². The van der Waals surface area contributed by atoms with E-state index in [2.05, 4.69) is 0 Å². The number of carbonyl (C=O) groups is 2. The molecule has 3 N–H and O–H groups in total. The Bertz CT molecular complexity index is 223. The van der Waals surface area contributed by atoms with Crippen molar-refractivity contribution in [3.63, 3.8) is 0 Å². The van der Waals surface area contributed by atoms with Crippen molar-refractivity contribution in [3.05, 3.63) is 12.2 Å². The fourth-order valence-corrected chi connectivity index (χ4v) is 1.07. The van der Waals surface area contributed by atoms with Gasteiger partial charge in [0.2, 0.25) is 0 Å². The number of carboxylic acids is 1. The maximum Gasteiger partial charge on any atom is 0.303 e. The highest BCUT2D eigenvalue weighted by molar-refractivity contribution is 5.93. The first kappa shape index (κ1) is 12.8. The van der Waals surface area contributed by atoms with Crippen LogP contribution < -0.4 is 5.73 Å². The average molecular weight is 199 g/mol. The maximum atomic E-state index is 11.1. The Balaban J connectivity index is 3.58. The highest BCUT2D eigenvalue weighted by atomic mass is 16.4. The van der Waals surface area contributed by atoms with Gasteiger partial charge in [-0.3, -0.25) is 9.59 Å². The number of rotatable bonds is 7. The normalized spacial score (nSPS) is 13.0. The predicted molar refractivity (Wildman–Crippen MR) is 53.9 cm³/mol. The fourth-order valence-electron chi connectivity index (χ4n) is 1.07. The van der Waals surface area contributed by atoms with Gasteiger partial charge in [0.15, 0.2) is 5.78 Å². The number of hydrogen-bond acceptors (Lipinski definition) is 3. The van der Waals surface area contributed by atoms with Crippen LogP contribution in [0.3, 0.4) is 0 Å². The number of nitrogens with two attached hydrogens (primary N) is 1. The second kappa shape index (κ2) is 7.26. The molecule has 0 aliphatic rings. The van der Waals surface area contributed by atoms with Crippen LogP contribution in [0.15, 0.2) is 12.2 Å². The molecule has 0 aromatic rings. The van der Waals surface area contributed by atoms with Crippen molar-refractivity contribution in [3.8, 4) is 0 Å². The molecule has 14 heavy (non-hydrogen) atoms. The van der Waals surface area contributed by atoms with E-state index < -0.39 is 12.0 Å². The molecule has 0 saturated heterocycles. The Hall–Kier alpha value is -1.16. The lowest BCUT2D eigenvalue weighted by molar-refractivity contribution is -0.137. The molecule has 0 aromatic carbocycles. The van der Waals surface area contributed by atoms with Crippen molar-refractivity contribution >= 4 is 11.8 Å². The number of ketones is 1. The van der Waals surface area contributed by atoms with Crippen LogP contribution in [-0.2, 0) is 9.59 Å². The van der Waals surface area contributed by atoms with Gasteiger partial charge in [0.1, 0.15) is 0 Å². The summed E-state index contributed by atoms with van der Waals surface area (Å²) in [6, 6.07) is -0.486. The average Bonchev–Trinajstić information content (AvgIpc) is 2.12. The smallest absolute Gasteiger partial charge is 0.303 e. The van der Waals surface area contributed by atoms with E-state index in [1.165, 1.54) is 6.08 Å². The van der Waals surface area contributed by atoms with Crippen LogP contribution >= 0.6 is 0 Å². The van der Waals surface area contributed by atoms with E-state index in [1.54, 1.807) is 13.0 Å². The van der Waals surface area contributed by atoms with Gasteiger partial charge in [-0.25, -0.2) is 0 Å². The first-order valence-electron chi connectivity index (χ1n) is 4.72. The van der Waals surface area contributed by atoms with Crippen LogP contribution in [0, 0.1) is 0 Å². The molecule has 0 aliphatic heterocycles. The Kier molecular flexibility index (Phi) is 6.66. The SMILES string of the molecule is CC=CC(=O)C(N)CCCCC(=O)O. The highest BCUT2D eigenvalue weighted by Gasteiger charge is 2.09. The molecule has 0 fully saturated rings. The minimum atomic E-state index is -0.807. The van der Waals surface area contributed by atoms with Crippen molar-refractivity contribution in [2.45, 2.75) is 38.6 Å². The minimum absolute atomic E-state index is 0.0946. The summed E-state index contributed by atoms with van der Waals surface area (Å²) in [5.41, 5.74) is 5.57. The summed E-state index contributed by atoms with van der Waals surface area (Å²) >= 11 is 0. The van der Waals surface area contributed by atoms with Gasteiger partial charge in [0.25, 0.3) is 0 Å². The molecule has 0 amide bonds.